The number of fused-ring (bicyclic) bond motifs is 8. The molecule has 12 rings (SSSR count). The van der Waals surface area contributed by atoms with Crippen molar-refractivity contribution < 1.29 is 37.3 Å². The molecule has 4 N–H and O–H groups in total. The zero-order valence-corrected chi connectivity index (χ0v) is 41.3. The molecule has 376 valence electrons. The SMILES string of the molecule is O=C1CSc2ccc(CN[C@@H]3CCN(CCc4ccnc5ccc6c(c45)OCCO6)C[C@@H]3F)nc2N1.O=C1CSc2ccc(CN[C@H]3CCN(CCc4ccnc5ccc6c(c45)OCCO6)C[C@H]3F)nc2N1. The number of hydrogen-bond acceptors (Lipinski definition) is 16. The number of likely N-dealkylation sites (tertiary alicyclic amines) is 2. The molecule has 6 aliphatic heterocycles. The van der Waals surface area contributed by atoms with Crippen molar-refractivity contribution >= 4 is 68.8 Å². The van der Waals surface area contributed by atoms with Crippen molar-refractivity contribution in [3.05, 3.63) is 95.6 Å². The van der Waals surface area contributed by atoms with Crippen LogP contribution in [0.5, 0.6) is 23.0 Å². The lowest BCUT2D eigenvalue weighted by Crippen LogP contribution is -2.51. The van der Waals surface area contributed by atoms with E-state index in [1.807, 2.05) is 73.1 Å². The normalized spacial score (nSPS) is 21.8. The van der Waals surface area contributed by atoms with E-state index in [9.17, 15) is 9.59 Å². The van der Waals surface area contributed by atoms with E-state index in [0.717, 1.165) is 129 Å². The number of piperidine rings is 2. The van der Waals surface area contributed by atoms with Crippen LogP contribution in [0.2, 0.25) is 0 Å². The largest absolute Gasteiger partial charge is 0.486 e. The van der Waals surface area contributed by atoms with Gasteiger partial charge in [0.15, 0.2) is 23.0 Å². The number of nitrogens with zero attached hydrogens (tertiary/aromatic N) is 6. The maximum Gasteiger partial charge on any atom is 0.235 e. The number of pyridine rings is 4. The fourth-order valence-electron chi connectivity index (χ4n) is 10.1. The van der Waals surface area contributed by atoms with E-state index in [-0.39, 0.29) is 23.9 Å². The predicted molar refractivity (Wildman–Crippen MR) is 273 cm³/mol. The second-order valence-electron chi connectivity index (χ2n) is 18.6. The molecule has 72 heavy (non-hydrogen) atoms. The number of halogens is 2. The van der Waals surface area contributed by atoms with Crippen LogP contribution in [-0.2, 0) is 35.5 Å². The summed E-state index contributed by atoms with van der Waals surface area (Å²) < 4.78 is 53.5. The number of alkyl halides is 2. The number of benzene rings is 2. The van der Waals surface area contributed by atoms with Gasteiger partial charge in [-0.05, 0) is 111 Å². The number of amides is 2. The Morgan fingerprint density at radius 2 is 1.06 bits per heavy atom. The first kappa shape index (κ1) is 48.4. The zero-order chi connectivity index (χ0) is 49.0. The van der Waals surface area contributed by atoms with Gasteiger partial charge < -0.3 is 40.2 Å². The highest BCUT2D eigenvalue weighted by Crippen LogP contribution is 2.41. The van der Waals surface area contributed by atoms with E-state index in [2.05, 4.69) is 51.0 Å². The quantitative estimate of drug-likeness (QED) is 0.106. The number of ether oxygens (including phenoxy) is 4. The number of anilines is 2. The van der Waals surface area contributed by atoms with E-state index in [1.165, 1.54) is 23.5 Å². The average molecular weight is 1020 g/mol. The number of carbonyl (C=O) groups excluding carboxylic acids is 2. The van der Waals surface area contributed by atoms with Crippen LogP contribution in [0, 0.1) is 0 Å². The molecule has 4 aromatic heterocycles. The van der Waals surface area contributed by atoms with Gasteiger partial charge in [0.25, 0.3) is 0 Å². The number of rotatable bonds is 12. The fourth-order valence-corrected chi connectivity index (χ4v) is 11.6. The summed E-state index contributed by atoms with van der Waals surface area (Å²) in [4.78, 5) is 47.6. The number of carbonyl (C=O) groups is 2. The lowest BCUT2D eigenvalue weighted by atomic mass is 10.0. The Labute approximate surface area is 424 Å². The Morgan fingerprint density at radius 3 is 1.51 bits per heavy atom. The van der Waals surface area contributed by atoms with Crippen molar-refractivity contribution in [1.82, 2.24) is 40.4 Å². The molecule has 4 atom stereocenters. The monoisotopic (exact) mass is 1020 g/mol. The summed E-state index contributed by atoms with van der Waals surface area (Å²) in [5.74, 6) is 4.99. The van der Waals surface area contributed by atoms with Gasteiger partial charge in [-0.2, -0.15) is 0 Å². The maximum atomic E-state index is 15.1. The van der Waals surface area contributed by atoms with Gasteiger partial charge in [0.2, 0.25) is 11.8 Å². The topological polar surface area (TPSA) is 177 Å². The molecule has 2 fully saturated rings. The van der Waals surface area contributed by atoms with Gasteiger partial charge in [-0.25, -0.2) is 18.7 Å². The predicted octanol–water partition coefficient (Wildman–Crippen LogP) is 6.38. The second kappa shape index (κ2) is 22.1. The summed E-state index contributed by atoms with van der Waals surface area (Å²) in [5.41, 5.74) is 5.65. The molecular formula is C52H56F2N10O6S2. The van der Waals surface area contributed by atoms with Crippen molar-refractivity contribution in [2.45, 2.75) is 73.0 Å². The molecule has 6 aliphatic rings. The van der Waals surface area contributed by atoms with Crippen LogP contribution in [0.4, 0.5) is 20.4 Å². The van der Waals surface area contributed by atoms with Gasteiger partial charge in [0.1, 0.15) is 50.4 Å². The Morgan fingerprint density at radius 1 is 0.597 bits per heavy atom. The van der Waals surface area contributed by atoms with Crippen molar-refractivity contribution in [3.63, 3.8) is 0 Å². The molecule has 16 nitrogen and oxygen atoms in total. The zero-order valence-electron chi connectivity index (χ0n) is 39.7. The van der Waals surface area contributed by atoms with Crippen LogP contribution in [-0.4, -0.2) is 143 Å². The molecule has 0 aliphatic carbocycles. The molecule has 20 heteroatoms. The van der Waals surface area contributed by atoms with Crippen LogP contribution in [0.25, 0.3) is 21.8 Å². The number of hydrogen-bond donors (Lipinski definition) is 4. The summed E-state index contributed by atoms with van der Waals surface area (Å²) in [6, 6.07) is 19.2. The Balaban J connectivity index is 0.000000156. The average Bonchev–Trinajstić information content (AvgIpc) is 3.41. The van der Waals surface area contributed by atoms with Gasteiger partial charge in [-0.3, -0.25) is 29.4 Å². The molecule has 0 spiro atoms. The minimum atomic E-state index is -0.967. The van der Waals surface area contributed by atoms with Gasteiger partial charge >= 0.3 is 0 Å². The van der Waals surface area contributed by atoms with E-state index >= 15 is 8.78 Å². The molecule has 2 amide bonds. The highest BCUT2D eigenvalue weighted by atomic mass is 32.2. The number of thioether (sulfide) groups is 2. The first-order valence-corrected chi connectivity index (χ1v) is 26.6. The van der Waals surface area contributed by atoms with E-state index in [1.54, 1.807) is 0 Å². The number of aromatic nitrogens is 4. The fraction of sp³-hybridized carbons (Fsp3) is 0.423. The highest BCUT2D eigenvalue weighted by Gasteiger charge is 2.31. The van der Waals surface area contributed by atoms with Crippen LogP contribution >= 0.6 is 23.5 Å². The highest BCUT2D eigenvalue weighted by molar-refractivity contribution is 8.00. The van der Waals surface area contributed by atoms with Gasteiger partial charge in [0.05, 0.1) is 43.7 Å². The minimum Gasteiger partial charge on any atom is -0.486 e. The van der Waals surface area contributed by atoms with Gasteiger partial charge in [-0.1, -0.05) is 0 Å². The lowest BCUT2D eigenvalue weighted by Gasteiger charge is -2.35. The first-order valence-electron chi connectivity index (χ1n) is 24.6. The standard InChI is InChI=1S/2C26H28FN5O3S/c2*27-18-14-32(9-6-16-5-8-28-20-2-3-21-25(24(16)20)35-12-11-34-21)10-7-19(18)29-13-17-1-4-22-26(30-17)31-23(33)15-36-22/h2*1-5,8,18-19,29H,6-7,9-15H2,(H,30,31,33)/t2*18-,19+/m10/s1. The summed E-state index contributed by atoms with van der Waals surface area (Å²) in [6.07, 6.45) is 4.72. The van der Waals surface area contributed by atoms with Gasteiger partial charge in [-0.15, -0.1) is 23.5 Å². The molecular weight excluding hydrogens is 963 g/mol. The molecule has 6 aromatic rings. The third-order valence-electron chi connectivity index (χ3n) is 13.8. The van der Waals surface area contributed by atoms with Crippen molar-refractivity contribution in [3.8, 4) is 23.0 Å². The summed E-state index contributed by atoms with van der Waals surface area (Å²) in [6.45, 7) is 7.04. The Kier molecular flexibility index (Phi) is 14.8. The number of nitrogens with one attached hydrogen (secondary N) is 4. The van der Waals surface area contributed by atoms with Crippen LogP contribution in [0.15, 0.2) is 82.8 Å². The third-order valence-corrected chi connectivity index (χ3v) is 15.9. The van der Waals surface area contributed by atoms with Gasteiger partial charge in [0, 0.05) is 74.5 Å². The molecule has 0 unspecified atom stereocenters. The minimum absolute atomic E-state index is 0.0400. The molecule has 0 bridgehead atoms. The lowest BCUT2D eigenvalue weighted by molar-refractivity contribution is -0.114. The summed E-state index contributed by atoms with van der Waals surface area (Å²) in [5, 5.41) is 14.3. The van der Waals surface area contributed by atoms with Crippen LogP contribution < -0.4 is 40.2 Å². The molecule has 0 saturated carbocycles. The Hall–Kier alpha value is -5.90. The van der Waals surface area contributed by atoms with E-state index in [0.29, 0.717) is 75.7 Å². The van der Waals surface area contributed by atoms with Crippen LogP contribution in [0.3, 0.4) is 0 Å². The maximum absolute atomic E-state index is 15.1. The second-order valence-corrected chi connectivity index (χ2v) is 20.6. The Bertz CT molecular complexity index is 2780. The summed E-state index contributed by atoms with van der Waals surface area (Å²) in [7, 11) is 0. The smallest absolute Gasteiger partial charge is 0.235 e. The van der Waals surface area contributed by atoms with E-state index < -0.39 is 12.3 Å². The summed E-state index contributed by atoms with van der Waals surface area (Å²) >= 11 is 2.97. The van der Waals surface area contributed by atoms with Crippen molar-refractivity contribution in [2.24, 2.45) is 0 Å². The molecule has 10 heterocycles. The van der Waals surface area contributed by atoms with Crippen molar-refractivity contribution in [2.75, 3.05) is 87.8 Å². The van der Waals surface area contributed by atoms with Crippen LogP contribution in [0.1, 0.15) is 35.4 Å². The first-order chi connectivity index (χ1) is 35.3. The van der Waals surface area contributed by atoms with E-state index in [4.69, 9.17) is 18.9 Å². The molecule has 0 radical (unpaired) electrons. The molecule has 2 aromatic carbocycles. The van der Waals surface area contributed by atoms with Crippen molar-refractivity contribution in [1.29, 1.82) is 0 Å². The third kappa shape index (κ3) is 11.0. The molecule has 2 saturated heterocycles.